The van der Waals surface area contributed by atoms with Crippen LogP contribution in [0.3, 0.4) is 0 Å². The molecule has 8 nitrogen and oxygen atoms in total. The second-order valence-electron chi connectivity index (χ2n) is 8.04. The molecule has 1 heterocycles. The molecule has 0 bridgehead atoms. The summed E-state index contributed by atoms with van der Waals surface area (Å²) < 4.78 is 21.5. The van der Waals surface area contributed by atoms with Crippen LogP contribution in [-0.4, -0.2) is 45.2 Å². The zero-order chi connectivity index (χ0) is 24.9. The summed E-state index contributed by atoms with van der Waals surface area (Å²) in [6.45, 7) is 0.407. The third kappa shape index (κ3) is 4.87. The summed E-state index contributed by atoms with van der Waals surface area (Å²) in [5.41, 5.74) is 2.82. The number of methoxy groups -OCH3 is 4. The highest BCUT2D eigenvalue weighted by atomic mass is 16.5. The number of ether oxygens (including phenoxy) is 4. The van der Waals surface area contributed by atoms with E-state index in [1.165, 1.54) is 7.11 Å². The lowest BCUT2D eigenvalue weighted by atomic mass is 10.0. The Morgan fingerprint density at radius 2 is 1.60 bits per heavy atom. The molecule has 0 spiro atoms. The largest absolute Gasteiger partial charge is 0.497 e. The number of hydrogen-bond donors (Lipinski definition) is 1. The zero-order valence-electron chi connectivity index (χ0n) is 20.2. The fourth-order valence-corrected chi connectivity index (χ4v) is 4.29. The molecule has 0 unspecified atom stereocenters. The van der Waals surface area contributed by atoms with Gasteiger partial charge in [0.25, 0.3) is 5.91 Å². The number of anilines is 1. The minimum absolute atomic E-state index is 0.0234. The molecule has 1 atom stereocenters. The minimum atomic E-state index is -0.536. The Labute approximate surface area is 204 Å². The van der Waals surface area contributed by atoms with Crippen molar-refractivity contribution in [3.63, 3.8) is 0 Å². The van der Waals surface area contributed by atoms with E-state index in [1.54, 1.807) is 56.6 Å². The molecule has 0 fully saturated rings. The Morgan fingerprint density at radius 1 is 0.886 bits per heavy atom. The first-order chi connectivity index (χ1) is 17.0. The molecule has 8 heteroatoms. The van der Waals surface area contributed by atoms with Gasteiger partial charge in [-0.25, -0.2) is 0 Å². The molecule has 35 heavy (non-hydrogen) atoms. The van der Waals surface area contributed by atoms with Crippen LogP contribution < -0.4 is 24.3 Å². The minimum Gasteiger partial charge on any atom is -0.497 e. The highest BCUT2D eigenvalue weighted by Crippen LogP contribution is 2.38. The Hall–Kier alpha value is -4.20. The molecule has 0 saturated carbocycles. The van der Waals surface area contributed by atoms with Crippen molar-refractivity contribution >= 4 is 17.5 Å². The molecule has 0 aliphatic carbocycles. The van der Waals surface area contributed by atoms with Gasteiger partial charge < -0.3 is 29.2 Å². The number of nitrogens with one attached hydrogen (secondary N) is 1. The van der Waals surface area contributed by atoms with E-state index in [-0.39, 0.29) is 18.2 Å². The van der Waals surface area contributed by atoms with Crippen molar-refractivity contribution < 1.29 is 28.5 Å². The van der Waals surface area contributed by atoms with Gasteiger partial charge in [0.05, 0.1) is 46.6 Å². The summed E-state index contributed by atoms with van der Waals surface area (Å²) in [7, 11) is 6.20. The Bertz CT molecular complexity index is 1240. The standard InChI is InChI=1S/C27H28N2O6/c1-32-19-10-12-23(33-2)21(14-19)28-26(30)15-22(17-9-11-24(34-3)25(13-17)35-4)29-16-18-7-5-6-8-20(18)27(29)31/h5-14,22H,15-16H2,1-4H3,(H,28,30)/t22-/m0/s1. The molecule has 1 N–H and O–H groups in total. The molecule has 3 aromatic carbocycles. The second kappa shape index (κ2) is 10.4. The molecule has 182 valence electrons. The maximum absolute atomic E-state index is 13.3. The fraction of sp³-hybridized carbons (Fsp3) is 0.259. The van der Waals surface area contributed by atoms with E-state index in [4.69, 9.17) is 18.9 Å². The number of hydrogen-bond acceptors (Lipinski definition) is 6. The molecule has 0 radical (unpaired) electrons. The van der Waals surface area contributed by atoms with Crippen LogP contribution in [0.5, 0.6) is 23.0 Å². The van der Waals surface area contributed by atoms with Crippen LogP contribution >= 0.6 is 0 Å². The molecule has 0 aromatic heterocycles. The first-order valence-electron chi connectivity index (χ1n) is 11.1. The average molecular weight is 477 g/mol. The van der Waals surface area contributed by atoms with Crippen LogP contribution in [0.25, 0.3) is 0 Å². The summed E-state index contributed by atoms with van der Waals surface area (Å²) >= 11 is 0. The molecule has 0 saturated heterocycles. The first kappa shape index (κ1) is 23.9. The third-order valence-corrected chi connectivity index (χ3v) is 6.08. The summed E-state index contributed by atoms with van der Waals surface area (Å²) in [5, 5.41) is 2.91. The van der Waals surface area contributed by atoms with Crippen LogP contribution in [-0.2, 0) is 11.3 Å². The topological polar surface area (TPSA) is 86.3 Å². The second-order valence-corrected chi connectivity index (χ2v) is 8.04. The number of fused-ring (bicyclic) bond motifs is 1. The van der Waals surface area contributed by atoms with Gasteiger partial charge in [0.2, 0.25) is 5.91 Å². The van der Waals surface area contributed by atoms with Gasteiger partial charge in [-0.05, 0) is 41.5 Å². The van der Waals surface area contributed by atoms with Crippen molar-refractivity contribution in [2.45, 2.75) is 19.0 Å². The van der Waals surface area contributed by atoms with Gasteiger partial charge in [-0.3, -0.25) is 9.59 Å². The first-order valence-corrected chi connectivity index (χ1v) is 11.1. The van der Waals surface area contributed by atoms with E-state index >= 15 is 0 Å². The fourth-order valence-electron chi connectivity index (χ4n) is 4.29. The van der Waals surface area contributed by atoms with E-state index < -0.39 is 6.04 Å². The highest BCUT2D eigenvalue weighted by molar-refractivity contribution is 5.99. The van der Waals surface area contributed by atoms with E-state index in [9.17, 15) is 9.59 Å². The van der Waals surface area contributed by atoms with Gasteiger partial charge in [-0.1, -0.05) is 24.3 Å². The molecule has 4 rings (SSSR count). The molecule has 1 aliphatic heterocycles. The predicted molar refractivity (Wildman–Crippen MR) is 131 cm³/mol. The van der Waals surface area contributed by atoms with Gasteiger partial charge in [-0.2, -0.15) is 0 Å². The predicted octanol–water partition coefficient (Wildman–Crippen LogP) is 4.45. The summed E-state index contributed by atoms with van der Waals surface area (Å²) in [5.74, 6) is 1.78. The SMILES string of the molecule is COc1ccc(OC)c(NC(=O)C[C@@H](c2ccc(OC)c(OC)c2)N2Cc3ccccc3C2=O)c1. The van der Waals surface area contributed by atoms with Crippen LogP contribution in [0.2, 0.25) is 0 Å². The van der Waals surface area contributed by atoms with Crippen molar-refractivity contribution in [3.05, 3.63) is 77.4 Å². The number of amides is 2. The quantitative estimate of drug-likeness (QED) is 0.491. The summed E-state index contributed by atoms with van der Waals surface area (Å²) in [6, 6.07) is 17.5. The molecule has 2 amide bonds. The van der Waals surface area contributed by atoms with E-state index in [2.05, 4.69) is 5.32 Å². The maximum atomic E-state index is 13.3. The van der Waals surface area contributed by atoms with Crippen molar-refractivity contribution in [3.8, 4) is 23.0 Å². The molecule has 3 aromatic rings. The number of carbonyl (C=O) groups excluding carboxylic acids is 2. The van der Waals surface area contributed by atoms with E-state index in [0.29, 0.717) is 40.8 Å². The Morgan fingerprint density at radius 3 is 2.29 bits per heavy atom. The monoisotopic (exact) mass is 476 g/mol. The van der Waals surface area contributed by atoms with Crippen molar-refractivity contribution in [1.82, 2.24) is 4.90 Å². The number of carbonyl (C=O) groups is 2. The maximum Gasteiger partial charge on any atom is 0.255 e. The highest BCUT2D eigenvalue weighted by Gasteiger charge is 2.35. The van der Waals surface area contributed by atoms with Crippen LogP contribution in [0, 0.1) is 0 Å². The summed E-state index contributed by atoms with van der Waals surface area (Å²) in [6.07, 6.45) is 0.0234. The molecular weight excluding hydrogens is 448 g/mol. The molecule has 1 aliphatic rings. The van der Waals surface area contributed by atoms with Gasteiger partial charge in [-0.15, -0.1) is 0 Å². The lowest BCUT2D eigenvalue weighted by Gasteiger charge is -2.28. The van der Waals surface area contributed by atoms with Crippen LogP contribution in [0.1, 0.15) is 33.9 Å². The normalized spacial score (nSPS) is 13.1. The summed E-state index contributed by atoms with van der Waals surface area (Å²) in [4.78, 5) is 28.3. The van der Waals surface area contributed by atoms with E-state index in [1.807, 2.05) is 30.3 Å². The van der Waals surface area contributed by atoms with Gasteiger partial charge in [0.1, 0.15) is 11.5 Å². The van der Waals surface area contributed by atoms with Gasteiger partial charge >= 0.3 is 0 Å². The number of rotatable bonds is 9. The van der Waals surface area contributed by atoms with Crippen molar-refractivity contribution in [2.24, 2.45) is 0 Å². The van der Waals surface area contributed by atoms with Crippen molar-refractivity contribution in [1.29, 1.82) is 0 Å². The third-order valence-electron chi connectivity index (χ3n) is 6.08. The average Bonchev–Trinajstić information content (AvgIpc) is 3.22. The number of benzene rings is 3. The smallest absolute Gasteiger partial charge is 0.255 e. The van der Waals surface area contributed by atoms with Crippen LogP contribution in [0.4, 0.5) is 5.69 Å². The van der Waals surface area contributed by atoms with E-state index in [0.717, 1.165) is 11.1 Å². The molecular formula is C27H28N2O6. The van der Waals surface area contributed by atoms with Gasteiger partial charge in [0.15, 0.2) is 11.5 Å². The number of nitrogens with zero attached hydrogens (tertiary/aromatic N) is 1. The zero-order valence-corrected chi connectivity index (χ0v) is 20.2. The van der Waals surface area contributed by atoms with Crippen molar-refractivity contribution in [2.75, 3.05) is 33.8 Å². The Kier molecular flexibility index (Phi) is 7.10. The lowest BCUT2D eigenvalue weighted by Crippen LogP contribution is -2.32. The lowest BCUT2D eigenvalue weighted by molar-refractivity contribution is -0.117. The van der Waals surface area contributed by atoms with Crippen LogP contribution in [0.15, 0.2) is 60.7 Å². The Balaban J connectivity index is 1.67. The van der Waals surface area contributed by atoms with Gasteiger partial charge in [0, 0.05) is 18.2 Å².